The molecule has 1 atom stereocenters. The maximum absolute atomic E-state index is 5.30. The summed E-state index contributed by atoms with van der Waals surface area (Å²) in [6.07, 6.45) is 9.79. The average molecular weight is 181 g/mol. The van der Waals surface area contributed by atoms with Crippen LogP contribution in [0, 0.1) is 5.92 Å². The molecule has 2 rings (SSSR count). The monoisotopic (exact) mass is 181 g/mol. The summed E-state index contributed by atoms with van der Waals surface area (Å²) < 4.78 is 5.30. The zero-order chi connectivity index (χ0) is 8.93. The van der Waals surface area contributed by atoms with Crippen molar-refractivity contribution in [3.05, 3.63) is 12.2 Å². The highest BCUT2D eigenvalue weighted by atomic mass is 16.5. The van der Waals surface area contributed by atoms with Gasteiger partial charge in [0.05, 0.1) is 6.61 Å². The molecule has 1 unspecified atom stereocenters. The van der Waals surface area contributed by atoms with Crippen LogP contribution < -0.4 is 5.32 Å². The van der Waals surface area contributed by atoms with Gasteiger partial charge in [0.2, 0.25) is 0 Å². The largest absolute Gasteiger partial charge is 0.381 e. The standard InChI is InChI=1S/C11H19NO/c1(2-7-12-11-4-5-11)3-10-6-8-13-9-10/h1,3,10-12H,2,4-9H2. The summed E-state index contributed by atoms with van der Waals surface area (Å²) in [7, 11) is 0. The molecule has 13 heavy (non-hydrogen) atoms. The Bertz CT molecular complexity index is 169. The van der Waals surface area contributed by atoms with Crippen molar-refractivity contribution < 1.29 is 4.74 Å². The van der Waals surface area contributed by atoms with Crippen molar-refractivity contribution in [3.63, 3.8) is 0 Å². The molecule has 2 aliphatic rings. The zero-order valence-electron chi connectivity index (χ0n) is 8.17. The molecule has 0 amide bonds. The number of ether oxygens (including phenoxy) is 1. The lowest BCUT2D eigenvalue weighted by atomic mass is 10.1. The van der Waals surface area contributed by atoms with E-state index in [9.17, 15) is 0 Å². The molecule has 0 radical (unpaired) electrons. The molecule has 0 aromatic heterocycles. The molecular formula is C11H19NO. The lowest BCUT2D eigenvalue weighted by Gasteiger charge is -2.00. The third-order valence-corrected chi connectivity index (χ3v) is 2.69. The van der Waals surface area contributed by atoms with Crippen molar-refractivity contribution in [2.45, 2.75) is 31.7 Å². The van der Waals surface area contributed by atoms with Gasteiger partial charge in [-0.3, -0.25) is 0 Å². The van der Waals surface area contributed by atoms with Gasteiger partial charge in [0, 0.05) is 18.6 Å². The van der Waals surface area contributed by atoms with Crippen molar-refractivity contribution in [1.29, 1.82) is 0 Å². The van der Waals surface area contributed by atoms with Crippen LogP contribution in [0.2, 0.25) is 0 Å². The van der Waals surface area contributed by atoms with E-state index in [1.807, 2.05) is 0 Å². The van der Waals surface area contributed by atoms with Gasteiger partial charge < -0.3 is 10.1 Å². The smallest absolute Gasteiger partial charge is 0.0529 e. The summed E-state index contributed by atoms with van der Waals surface area (Å²) in [5.74, 6) is 0.695. The molecule has 2 fully saturated rings. The van der Waals surface area contributed by atoms with E-state index in [4.69, 9.17) is 4.74 Å². The van der Waals surface area contributed by atoms with Gasteiger partial charge in [0.25, 0.3) is 0 Å². The minimum absolute atomic E-state index is 0.695. The summed E-state index contributed by atoms with van der Waals surface area (Å²) >= 11 is 0. The first-order valence-electron chi connectivity index (χ1n) is 5.43. The Hall–Kier alpha value is -0.340. The number of rotatable bonds is 5. The zero-order valence-corrected chi connectivity index (χ0v) is 8.17. The first-order valence-corrected chi connectivity index (χ1v) is 5.43. The van der Waals surface area contributed by atoms with Crippen LogP contribution in [0.15, 0.2) is 12.2 Å². The highest BCUT2D eigenvalue weighted by Crippen LogP contribution is 2.18. The fourth-order valence-corrected chi connectivity index (χ4v) is 1.65. The van der Waals surface area contributed by atoms with E-state index in [1.54, 1.807) is 0 Å². The lowest BCUT2D eigenvalue weighted by Crippen LogP contribution is -2.16. The van der Waals surface area contributed by atoms with Crippen LogP contribution in [0.5, 0.6) is 0 Å². The van der Waals surface area contributed by atoms with Gasteiger partial charge in [-0.25, -0.2) is 0 Å². The quantitative estimate of drug-likeness (QED) is 0.515. The van der Waals surface area contributed by atoms with E-state index in [-0.39, 0.29) is 0 Å². The van der Waals surface area contributed by atoms with Gasteiger partial charge in [0.15, 0.2) is 0 Å². The van der Waals surface area contributed by atoms with Gasteiger partial charge in [-0.1, -0.05) is 12.2 Å². The Balaban J connectivity index is 1.50. The van der Waals surface area contributed by atoms with Crippen molar-refractivity contribution in [3.8, 4) is 0 Å². The van der Waals surface area contributed by atoms with Crippen LogP contribution in [0.4, 0.5) is 0 Å². The highest BCUT2D eigenvalue weighted by Gasteiger charge is 2.19. The SMILES string of the molecule is C(=CC1CCOC1)CCNC1CC1. The maximum Gasteiger partial charge on any atom is 0.0529 e. The molecule has 2 heteroatoms. The van der Waals surface area contributed by atoms with Crippen LogP contribution in [0.1, 0.15) is 25.7 Å². The van der Waals surface area contributed by atoms with E-state index in [1.165, 1.54) is 25.7 Å². The van der Waals surface area contributed by atoms with Crippen LogP contribution in [-0.4, -0.2) is 25.8 Å². The molecular weight excluding hydrogens is 162 g/mol. The maximum atomic E-state index is 5.30. The first kappa shape index (κ1) is 9.22. The van der Waals surface area contributed by atoms with Gasteiger partial charge in [-0.05, 0) is 32.2 Å². The number of hydrogen-bond acceptors (Lipinski definition) is 2. The topological polar surface area (TPSA) is 21.3 Å². The minimum Gasteiger partial charge on any atom is -0.381 e. The molecule has 1 aliphatic heterocycles. The number of hydrogen-bond donors (Lipinski definition) is 1. The molecule has 1 aliphatic carbocycles. The first-order chi connectivity index (χ1) is 6.45. The second-order valence-electron chi connectivity index (χ2n) is 4.07. The second kappa shape index (κ2) is 4.77. The Morgan fingerprint density at radius 3 is 2.92 bits per heavy atom. The normalized spacial score (nSPS) is 28.8. The van der Waals surface area contributed by atoms with Crippen molar-refractivity contribution in [2.24, 2.45) is 5.92 Å². The number of nitrogens with one attached hydrogen (secondary N) is 1. The van der Waals surface area contributed by atoms with Gasteiger partial charge >= 0.3 is 0 Å². The van der Waals surface area contributed by atoms with Crippen molar-refractivity contribution in [1.82, 2.24) is 5.32 Å². The van der Waals surface area contributed by atoms with Gasteiger partial charge in [0.1, 0.15) is 0 Å². The van der Waals surface area contributed by atoms with Crippen LogP contribution >= 0.6 is 0 Å². The molecule has 0 aromatic rings. The summed E-state index contributed by atoms with van der Waals surface area (Å²) in [6, 6.07) is 0.850. The molecule has 2 nitrogen and oxygen atoms in total. The van der Waals surface area contributed by atoms with Crippen molar-refractivity contribution >= 4 is 0 Å². The summed E-state index contributed by atoms with van der Waals surface area (Å²) in [4.78, 5) is 0. The fraction of sp³-hybridized carbons (Fsp3) is 0.818. The Labute approximate surface area is 80.4 Å². The average Bonchev–Trinajstić information content (AvgIpc) is 2.81. The third-order valence-electron chi connectivity index (χ3n) is 2.69. The van der Waals surface area contributed by atoms with E-state index in [0.717, 1.165) is 25.8 Å². The van der Waals surface area contributed by atoms with E-state index >= 15 is 0 Å². The van der Waals surface area contributed by atoms with E-state index in [0.29, 0.717) is 5.92 Å². The Morgan fingerprint density at radius 2 is 2.23 bits per heavy atom. The van der Waals surface area contributed by atoms with Crippen LogP contribution in [0.3, 0.4) is 0 Å². The predicted octanol–water partition coefficient (Wildman–Crippen LogP) is 1.72. The lowest BCUT2D eigenvalue weighted by molar-refractivity contribution is 0.191. The van der Waals surface area contributed by atoms with Crippen molar-refractivity contribution in [2.75, 3.05) is 19.8 Å². The summed E-state index contributed by atoms with van der Waals surface area (Å²) in [6.45, 7) is 3.04. The van der Waals surface area contributed by atoms with Gasteiger partial charge in [-0.2, -0.15) is 0 Å². The Morgan fingerprint density at radius 1 is 1.31 bits per heavy atom. The van der Waals surface area contributed by atoms with Gasteiger partial charge in [-0.15, -0.1) is 0 Å². The highest BCUT2D eigenvalue weighted by molar-refractivity contribution is 4.91. The summed E-state index contributed by atoms with van der Waals surface area (Å²) in [5, 5.41) is 3.50. The molecule has 1 saturated heterocycles. The third kappa shape index (κ3) is 3.49. The van der Waals surface area contributed by atoms with E-state index < -0.39 is 0 Å². The van der Waals surface area contributed by atoms with Crippen LogP contribution in [-0.2, 0) is 4.74 Å². The molecule has 1 heterocycles. The summed E-state index contributed by atoms with van der Waals surface area (Å²) in [5.41, 5.74) is 0. The fourth-order valence-electron chi connectivity index (χ4n) is 1.65. The molecule has 1 saturated carbocycles. The molecule has 0 bridgehead atoms. The van der Waals surface area contributed by atoms with E-state index in [2.05, 4.69) is 17.5 Å². The Kier molecular flexibility index (Phi) is 3.39. The minimum atomic E-state index is 0.695. The molecule has 74 valence electrons. The van der Waals surface area contributed by atoms with Crippen LogP contribution in [0.25, 0.3) is 0 Å². The molecule has 0 aromatic carbocycles. The predicted molar refractivity (Wildman–Crippen MR) is 53.7 cm³/mol. The molecule has 1 N–H and O–H groups in total. The second-order valence-corrected chi connectivity index (χ2v) is 4.07. The molecule has 0 spiro atoms.